The second-order valence-electron chi connectivity index (χ2n) is 5.17. The van der Waals surface area contributed by atoms with Crippen LogP contribution in [0.25, 0.3) is 0 Å². The van der Waals surface area contributed by atoms with Crippen LogP contribution in [0.3, 0.4) is 0 Å². The van der Waals surface area contributed by atoms with Crippen molar-refractivity contribution in [2.45, 2.75) is 25.1 Å². The van der Waals surface area contributed by atoms with Gasteiger partial charge in [-0.1, -0.05) is 36.4 Å². The van der Waals surface area contributed by atoms with Crippen LogP contribution in [0.4, 0.5) is 0 Å². The Morgan fingerprint density at radius 3 is 2.57 bits per heavy atom. The van der Waals surface area contributed by atoms with E-state index in [1.807, 2.05) is 55.5 Å². The van der Waals surface area contributed by atoms with E-state index >= 15 is 0 Å². The highest BCUT2D eigenvalue weighted by Crippen LogP contribution is 2.11. The van der Waals surface area contributed by atoms with Crippen molar-refractivity contribution in [1.29, 1.82) is 0 Å². The molecule has 2 aromatic rings. The van der Waals surface area contributed by atoms with Gasteiger partial charge in [-0.25, -0.2) is 0 Å². The maximum atomic E-state index is 12.4. The van der Waals surface area contributed by atoms with E-state index in [-0.39, 0.29) is 11.2 Å². The Kier molecular flexibility index (Phi) is 5.39. The lowest BCUT2D eigenvalue weighted by atomic mass is 10.1. The number of rotatable bonds is 5. The molecule has 0 aliphatic carbocycles. The first-order valence-corrected chi connectivity index (χ1v) is 7.47. The molecule has 0 fully saturated rings. The predicted molar refractivity (Wildman–Crippen MR) is 88.4 cm³/mol. The Labute approximate surface area is 131 Å². The van der Waals surface area contributed by atoms with Crippen molar-refractivity contribution in [2.24, 2.45) is 0 Å². The number of aryl methyl sites for hydroxylation is 1. The Morgan fingerprint density at radius 1 is 1.19 bits per heavy atom. The summed E-state index contributed by atoms with van der Waals surface area (Å²) in [6, 6.07) is 15.8. The zero-order valence-electron chi connectivity index (χ0n) is 12.4. The second-order valence-corrected chi connectivity index (χ2v) is 5.79. The molecule has 21 heavy (non-hydrogen) atoms. The number of aromatic nitrogens is 1. The highest BCUT2D eigenvalue weighted by atomic mass is 32.1. The van der Waals surface area contributed by atoms with Gasteiger partial charge in [0.05, 0.1) is 17.5 Å². The van der Waals surface area contributed by atoms with E-state index in [4.69, 9.17) is 0 Å². The third-order valence-corrected chi connectivity index (χ3v) is 3.68. The highest BCUT2D eigenvalue weighted by Gasteiger charge is 2.19. The van der Waals surface area contributed by atoms with Crippen molar-refractivity contribution in [2.75, 3.05) is 7.05 Å². The molecule has 2 rings (SSSR count). The predicted octanol–water partition coefficient (Wildman–Crippen LogP) is 2.89. The standard InChI is InChI=1S/C17H20N2OS/c1-13-7-6-10-15(18-13)12-19(2)17(20)16(21)11-14-8-4-3-5-9-14/h3-10,16,21H,11-12H2,1-2H3. The van der Waals surface area contributed by atoms with Crippen molar-refractivity contribution in [3.8, 4) is 0 Å². The normalized spacial score (nSPS) is 12.0. The number of hydrogen-bond acceptors (Lipinski definition) is 3. The minimum atomic E-state index is -0.331. The number of benzene rings is 1. The Balaban J connectivity index is 1.95. The van der Waals surface area contributed by atoms with Crippen LogP contribution in [0.15, 0.2) is 48.5 Å². The van der Waals surface area contributed by atoms with E-state index in [9.17, 15) is 4.79 Å². The summed E-state index contributed by atoms with van der Waals surface area (Å²) >= 11 is 4.45. The second kappa shape index (κ2) is 7.27. The third kappa shape index (κ3) is 4.60. The minimum absolute atomic E-state index is 0.0190. The van der Waals surface area contributed by atoms with Crippen LogP contribution in [0.2, 0.25) is 0 Å². The number of carbonyl (C=O) groups is 1. The topological polar surface area (TPSA) is 33.2 Å². The molecule has 1 aromatic heterocycles. The molecule has 0 saturated carbocycles. The molecule has 1 unspecified atom stereocenters. The van der Waals surface area contributed by atoms with Crippen molar-refractivity contribution >= 4 is 18.5 Å². The lowest BCUT2D eigenvalue weighted by Gasteiger charge is -2.21. The summed E-state index contributed by atoms with van der Waals surface area (Å²) in [6.07, 6.45) is 0.633. The first-order valence-electron chi connectivity index (χ1n) is 6.96. The summed E-state index contributed by atoms with van der Waals surface area (Å²) in [5.74, 6) is 0.0190. The zero-order valence-corrected chi connectivity index (χ0v) is 13.3. The maximum absolute atomic E-state index is 12.4. The van der Waals surface area contributed by atoms with Gasteiger partial charge < -0.3 is 4.90 Å². The SMILES string of the molecule is Cc1cccc(CN(C)C(=O)C(S)Cc2ccccc2)n1. The minimum Gasteiger partial charge on any atom is -0.339 e. The van der Waals surface area contributed by atoms with Crippen molar-refractivity contribution < 1.29 is 4.79 Å². The van der Waals surface area contributed by atoms with Gasteiger partial charge in [-0.2, -0.15) is 12.6 Å². The number of carbonyl (C=O) groups excluding carboxylic acids is 1. The first kappa shape index (κ1) is 15.6. The largest absolute Gasteiger partial charge is 0.339 e. The van der Waals surface area contributed by atoms with Gasteiger partial charge in [0.25, 0.3) is 0 Å². The Hall–Kier alpha value is -1.81. The molecule has 1 aromatic carbocycles. The highest BCUT2D eigenvalue weighted by molar-refractivity contribution is 7.81. The van der Waals surface area contributed by atoms with E-state index < -0.39 is 0 Å². The van der Waals surface area contributed by atoms with Gasteiger partial charge in [-0.15, -0.1) is 0 Å². The van der Waals surface area contributed by atoms with Gasteiger partial charge in [0, 0.05) is 12.7 Å². The quantitative estimate of drug-likeness (QED) is 0.861. The summed E-state index contributed by atoms with van der Waals surface area (Å²) in [6.45, 7) is 2.45. The van der Waals surface area contributed by atoms with Crippen molar-refractivity contribution in [1.82, 2.24) is 9.88 Å². The smallest absolute Gasteiger partial charge is 0.235 e. The molecule has 1 amide bonds. The van der Waals surface area contributed by atoms with Gasteiger partial charge in [-0.05, 0) is 31.0 Å². The van der Waals surface area contributed by atoms with Gasteiger partial charge in [-0.3, -0.25) is 9.78 Å². The fourth-order valence-electron chi connectivity index (χ4n) is 2.19. The monoisotopic (exact) mass is 300 g/mol. The van der Waals surface area contributed by atoms with E-state index in [1.165, 1.54) is 0 Å². The summed E-state index contributed by atoms with van der Waals surface area (Å²) < 4.78 is 0. The van der Waals surface area contributed by atoms with Gasteiger partial charge >= 0.3 is 0 Å². The van der Waals surface area contributed by atoms with Gasteiger partial charge in [0.2, 0.25) is 5.91 Å². The Morgan fingerprint density at radius 2 is 1.90 bits per heavy atom. The molecule has 3 nitrogen and oxygen atoms in total. The zero-order chi connectivity index (χ0) is 15.2. The van der Waals surface area contributed by atoms with Crippen LogP contribution < -0.4 is 0 Å². The number of amides is 1. The van der Waals surface area contributed by atoms with Crippen molar-refractivity contribution in [3.63, 3.8) is 0 Å². The molecule has 110 valence electrons. The average Bonchev–Trinajstić information content (AvgIpc) is 2.47. The molecule has 0 aliphatic heterocycles. The third-order valence-electron chi connectivity index (χ3n) is 3.28. The molecule has 1 heterocycles. The Bertz CT molecular complexity index is 601. The summed E-state index contributed by atoms with van der Waals surface area (Å²) in [4.78, 5) is 18.5. The molecule has 0 N–H and O–H groups in total. The molecular formula is C17H20N2OS. The number of nitrogens with zero attached hydrogens (tertiary/aromatic N) is 2. The number of hydrogen-bond donors (Lipinski definition) is 1. The van der Waals surface area contributed by atoms with Crippen LogP contribution in [-0.2, 0) is 17.8 Å². The molecule has 0 bridgehead atoms. The molecule has 1 atom stereocenters. The molecule has 0 spiro atoms. The molecule has 0 aliphatic rings. The van der Waals surface area contributed by atoms with Crippen LogP contribution in [0, 0.1) is 6.92 Å². The maximum Gasteiger partial charge on any atom is 0.235 e. The molecule has 4 heteroatoms. The van der Waals surface area contributed by atoms with E-state index in [2.05, 4.69) is 17.6 Å². The van der Waals surface area contributed by atoms with Crippen LogP contribution in [0.5, 0.6) is 0 Å². The van der Waals surface area contributed by atoms with E-state index in [0.29, 0.717) is 13.0 Å². The lowest BCUT2D eigenvalue weighted by molar-refractivity contribution is -0.129. The molecule has 0 saturated heterocycles. The fourth-order valence-corrected chi connectivity index (χ4v) is 2.60. The molecular weight excluding hydrogens is 280 g/mol. The number of thiol groups is 1. The van der Waals surface area contributed by atoms with Gasteiger partial charge in [0.1, 0.15) is 0 Å². The van der Waals surface area contributed by atoms with Gasteiger partial charge in [0.15, 0.2) is 0 Å². The van der Waals surface area contributed by atoms with Crippen LogP contribution in [0.1, 0.15) is 17.0 Å². The van der Waals surface area contributed by atoms with Crippen LogP contribution >= 0.6 is 12.6 Å². The summed E-state index contributed by atoms with van der Waals surface area (Å²) in [5.41, 5.74) is 2.97. The lowest BCUT2D eigenvalue weighted by Crippen LogP contribution is -2.34. The van der Waals surface area contributed by atoms with E-state index in [0.717, 1.165) is 17.0 Å². The summed E-state index contributed by atoms with van der Waals surface area (Å²) in [5, 5.41) is -0.331. The average molecular weight is 300 g/mol. The van der Waals surface area contributed by atoms with E-state index in [1.54, 1.807) is 11.9 Å². The molecule has 0 radical (unpaired) electrons. The first-order chi connectivity index (χ1) is 10.1. The van der Waals surface area contributed by atoms with Crippen LogP contribution in [-0.4, -0.2) is 28.1 Å². The number of pyridine rings is 1. The summed E-state index contributed by atoms with van der Waals surface area (Å²) in [7, 11) is 1.79. The fraction of sp³-hybridized carbons (Fsp3) is 0.294. The van der Waals surface area contributed by atoms with Crippen molar-refractivity contribution in [3.05, 3.63) is 65.5 Å².